The Hall–Kier alpha value is -1.59. The maximum absolute atomic E-state index is 11.0. The van der Waals surface area contributed by atoms with Crippen LogP contribution in [-0.4, -0.2) is 41.0 Å². The Labute approximate surface area is 166 Å². The van der Waals surface area contributed by atoms with Crippen LogP contribution in [-0.2, 0) is 11.2 Å². The number of anilines is 1. The predicted octanol–water partition coefficient (Wildman–Crippen LogP) is 4.17. The minimum Gasteiger partial charge on any atom is -0.368 e. The molecule has 1 fully saturated rings. The van der Waals surface area contributed by atoms with Crippen molar-refractivity contribution >= 4 is 33.3 Å². The molecule has 1 saturated carbocycles. The van der Waals surface area contributed by atoms with Gasteiger partial charge in [-0.05, 0) is 56.7 Å². The van der Waals surface area contributed by atoms with Gasteiger partial charge in [-0.1, -0.05) is 23.9 Å². The van der Waals surface area contributed by atoms with E-state index in [0.29, 0.717) is 12.1 Å². The van der Waals surface area contributed by atoms with E-state index in [1.807, 2.05) is 12.4 Å². The zero-order valence-electron chi connectivity index (χ0n) is 16.1. The SMILES string of the molecule is CC(=O)SCCCNC1CCC(N2CCc3cncc4cccc2c34)CC1. The largest absolute Gasteiger partial charge is 0.368 e. The molecule has 0 bridgehead atoms. The van der Waals surface area contributed by atoms with Crippen molar-refractivity contribution in [2.24, 2.45) is 0 Å². The molecule has 1 aromatic heterocycles. The van der Waals surface area contributed by atoms with Gasteiger partial charge in [-0.2, -0.15) is 0 Å². The van der Waals surface area contributed by atoms with Gasteiger partial charge in [-0.15, -0.1) is 0 Å². The molecule has 1 aliphatic carbocycles. The topological polar surface area (TPSA) is 45.2 Å². The fourth-order valence-corrected chi connectivity index (χ4v) is 5.22. The molecule has 2 aromatic rings. The van der Waals surface area contributed by atoms with Crippen molar-refractivity contribution in [3.05, 3.63) is 36.2 Å². The van der Waals surface area contributed by atoms with Gasteiger partial charge in [0.05, 0.1) is 0 Å². The van der Waals surface area contributed by atoms with Gasteiger partial charge in [0.15, 0.2) is 5.12 Å². The van der Waals surface area contributed by atoms with Crippen LogP contribution in [0.1, 0.15) is 44.6 Å². The third-order valence-corrected chi connectivity index (χ3v) is 6.87. The van der Waals surface area contributed by atoms with Crippen LogP contribution < -0.4 is 10.2 Å². The summed E-state index contributed by atoms with van der Waals surface area (Å²) in [5, 5.41) is 6.62. The fraction of sp³-hybridized carbons (Fsp3) is 0.545. The van der Waals surface area contributed by atoms with E-state index in [1.54, 1.807) is 6.92 Å². The van der Waals surface area contributed by atoms with Crippen LogP contribution in [0.25, 0.3) is 10.8 Å². The van der Waals surface area contributed by atoms with Crippen LogP contribution in [0.15, 0.2) is 30.6 Å². The average molecular weight is 384 g/mol. The molecule has 2 heterocycles. The lowest BCUT2D eigenvalue weighted by Gasteiger charge is -2.41. The van der Waals surface area contributed by atoms with Gasteiger partial charge in [-0.3, -0.25) is 9.78 Å². The Balaban J connectivity index is 1.33. The molecule has 4 nitrogen and oxygen atoms in total. The third kappa shape index (κ3) is 4.30. The molecule has 5 heteroatoms. The highest BCUT2D eigenvalue weighted by atomic mass is 32.2. The number of hydrogen-bond acceptors (Lipinski definition) is 5. The van der Waals surface area contributed by atoms with E-state index in [-0.39, 0.29) is 5.12 Å². The van der Waals surface area contributed by atoms with E-state index in [2.05, 4.69) is 33.4 Å². The van der Waals surface area contributed by atoms with Crippen molar-refractivity contribution in [2.45, 2.75) is 57.5 Å². The van der Waals surface area contributed by atoms with Gasteiger partial charge >= 0.3 is 0 Å². The maximum atomic E-state index is 11.0. The number of rotatable bonds is 6. The van der Waals surface area contributed by atoms with Crippen molar-refractivity contribution < 1.29 is 4.79 Å². The summed E-state index contributed by atoms with van der Waals surface area (Å²) in [5.41, 5.74) is 2.81. The molecule has 1 aliphatic heterocycles. The molecule has 1 aromatic carbocycles. The summed E-state index contributed by atoms with van der Waals surface area (Å²) in [6.07, 6.45) is 11.2. The Morgan fingerprint density at radius 2 is 2.11 bits per heavy atom. The summed E-state index contributed by atoms with van der Waals surface area (Å²) in [6.45, 7) is 3.79. The number of benzene rings is 1. The van der Waals surface area contributed by atoms with Crippen molar-refractivity contribution in [3.8, 4) is 0 Å². The second kappa shape index (κ2) is 8.61. The molecular weight excluding hydrogens is 354 g/mol. The molecule has 1 N–H and O–H groups in total. The summed E-state index contributed by atoms with van der Waals surface area (Å²) < 4.78 is 0. The summed E-state index contributed by atoms with van der Waals surface area (Å²) in [5.74, 6) is 0.934. The summed E-state index contributed by atoms with van der Waals surface area (Å²) in [6, 6.07) is 7.95. The number of pyridine rings is 1. The minimum absolute atomic E-state index is 0.226. The number of nitrogens with zero attached hydrogens (tertiary/aromatic N) is 2. The zero-order chi connectivity index (χ0) is 18.6. The summed E-state index contributed by atoms with van der Waals surface area (Å²) in [4.78, 5) is 18.0. The smallest absolute Gasteiger partial charge is 0.185 e. The second-order valence-electron chi connectivity index (χ2n) is 7.77. The van der Waals surface area contributed by atoms with E-state index in [0.717, 1.165) is 31.7 Å². The molecule has 4 rings (SSSR count). The lowest BCUT2D eigenvalue weighted by molar-refractivity contribution is -0.109. The predicted molar refractivity (Wildman–Crippen MR) is 115 cm³/mol. The quantitative estimate of drug-likeness (QED) is 0.759. The van der Waals surface area contributed by atoms with Crippen molar-refractivity contribution in [2.75, 3.05) is 23.7 Å². The number of carbonyl (C=O) groups is 1. The van der Waals surface area contributed by atoms with Crippen LogP contribution in [0.3, 0.4) is 0 Å². The minimum atomic E-state index is 0.226. The Kier molecular flexibility index (Phi) is 5.98. The Morgan fingerprint density at radius 3 is 2.93 bits per heavy atom. The van der Waals surface area contributed by atoms with Crippen molar-refractivity contribution in [1.82, 2.24) is 10.3 Å². The number of aromatic nitrogens is 1. The lowest BCUT2D eigenvalue weighted by Crippen LogP contribution is -2.44. The molecule has 27 heavy (non-hydrogen) atoms. The average Bonchev–Trinajstić information content (AvgIpc) is 2.69. The van der Waals surface area contributed by atoms with E-state index in [9.17, 15) is 4.79 Å². The number of thioether (sulfide) groups is 1. The van der Waals surface area contributed by atoms with Gasteiger partial charge in [0.2, 0.25) is 0 Å². The molecule has 0 saturated heterocycles. The van der Waals surface area contributed by atoms with Crippen LogP contribution >= 0.6 is 11.8 Å². The Morgan fingerprint density at radius 1 is 1.26 bits per heavy atom. The second-order valence-corrected chi connectivity index (χ2v) is 9.04. The summed E-state index contributed by atoms with van der Waals surface area (Å²) in [7, 11) is 0. The first-order valence-corrected chi connectivity index (χ1v) is 11.2. The van der Waals surface area contributed by atoms with Gasteiger partial charge < -0.3 is 10.2 Å². The first kappa shape index (κ1) is 18.8. The van der Waals surface area contributed by atoms with Gasteiger partial charge in [-0.25, -0.2) is 0 Å². The highest BCUT2D eigenvalue weighted by Gasteiger charge is 2.29. The van der Waals surface area contributed by atoms with Gasteiger partial charge in [0.25, 0.3) is 0 Å². The van der Waals surface area contributed by atoms with Crippen LogP contribution in [0, 0.1) is 0 Å². The van der Waals surface area contributed by atoms with Crippen LogP contribution in [0.2, 0.25) is 0 Å². The molecule has 0 amide bonds. The fourth-order valence-electron chi connectivity index (χ4n) is 4.64. The van der Waals surface area contributed by atoms with E-state index < -0.39 is 0 Å². The summed E-state index contributed by atoms with van der Waals surface area (Å²) >= 11 is 1.44. The molecule has 0 spiro atoms. The standard InChI is InChI=1S/C22H29N3OS/c1-16(26)27-13-3-11-24-19-6-8-20(9-7-19)25-12-10-18-15-23-14-17-4-2-5-21(25)22(17)18/h2,4-5,14-15,19-20,24H,3,6-13H2,1H3. The van der Waals surface area contributed by atoms with E-state index in [1.165, 1.54) is 59.5 Å². The van der Waals surface area contributed by atoms with Crippen LogP contribution in [0.5, 0.6) is 0 Å². The molecule has 144 valence electrons. The number of carbonyl (C=O) groups excluding carboxylic acids is 1. The Bertz CT molecular complexity index is 796. The molecular formula is C22H29N3OS. The lowest BCUT2D eigenvalue weighted by atomic mass is 9.88. The maximum Gasteiger partial charge on any atom is 0.185 e. The van der Waals surface area contributed by atoms with Crippen LogP contribution in [0.4, 0.5) is 5.69 Å². The van der Waals surface area contributed by atoms with E-state index in [4.69, 9.17) is 0 Å². The number of hydrogen-bond donors (Lipinski definition) is 1. The highest BCUT2D eigenvalue weighted by Crippen LogP contribution is 2.37. The van der Waals surface area contributed by atoms with Gasteiger partial charge in [0, 0.05) is 60.2 Å². The van der Waals surface area contributed by atoms with Crippen molar-refractivity contribution in [3.63, 3.8) is 0 Å². The zero-order valence-corrected chi connectivity index (χ0v) is 16.9. The monoisotopic (exact) mass is 383 g/mol. The van der Waals surface area contributed by atoms with Gasteiger partial charge in [0.1, 0.15) is 0 Å². The normalized spacial score (nSPS) is 22.2. The van der Waals surface area contributed by atoms with Crippen molar-refractivity contribution in [1.29, 1.82) is 0 Å². The first-order chi connectivity index (χ1) is 13.2. The highest BCUT2D eigenvalue weighted by molar-refractivity contribution is 8.13. The first-order valence-electron chi connectivity index (χ1n) is 10.2. The molecule has 0 unspecified atom stereocenters. The number of nitrogens with one attached hydrogen (secondary N) is 1. The molecule has 0 atom stereocenters. The molecule has 0 radical (unpaired) electrons. The third-order valence-electron chi connectivity index (χ3n) is 5.97. The molecule has 2 aliphatic rings. The van der Waals surface area contributed by atoms with E-state index >= 15 is 0 Å².